The second-order valence-corrected chi connectivity index (χ2v) is 7.02. The zero-order chi connectivity index (χ0) is 15.3. The van der Waals surface area contributed by atoms with Crippen molar-refractivity contribution >= 4 is 17.7 Å². The van der Waals surface area contributed by atoms with E-state index in [-0.39, 0.29) is 11.3 Å². The number of H-pyrrole nitrogens is 1. The normalized spacial score (nSPS) is 24.2. The van der Waals surface area contributed by atoms with Crippen molar-refractivity contribution in [3.05, 3.63) is 11.8 Å². The van der Waals surface area contributed by atoms with E-state index in [2.05, 4.69) is 15.5 Å². The Bertz CT molecular complexity index is 554. The third kappa shape index (κ3) is 2.42. The largest absolute Gasteiger partial charge is 0.481 e. The van der Waals surface area contributed by atoms with Crippen LogP contribution in [0.1, 0.15) is 40.3 Å². The van der Waals surface area contributed by atoms with Crippen molar-refractivity contribution < 1.29 is 14.7 Å². The van der Waals surface area contributed by atoms with Crippen LogP contribution in [-0.2, 0) is 15.0 Å². The van der Waals surface area contributed by atoms with Crippen molar-refractivity contribution in [1.29, 1.82) is 0 Å². The van der Waals surface area contributed by atoms with E-state index >= 15 is 0 Å². The molecule has 1 heterocycles. The fraction of sp³-hybridized carbons (Fsp3) is 0.643. The molecule has 0 radical (unpaired) electrons. The topological polar surface area (TPSA) is 95.1 Å². The number of hydrogen-bond donors (Lipinski definition) is 3. The highest BCUT2D eigenvalue weighted by Gasteiger charge is 2.65. The highest BCUT2D eigenvalue weighted by atomic mass is 16.4. The predicted molar refractivity (Wildman–Crippen MR) is 74.3 cm³/mol. The number of carboxylic acids is 1. The lowest BCUT2D eigenvalue weighted by Gasteiger charge is -2.14. The summed E-state index contributed by atoms with van der Waals surface area (Å²) in [7, 11) is 0. The SMILES string of the molecule is CC(C)(C)c1cc(NC(=O)C2C(C(=O)O)C2(C)C)n[nH]1. The average molecular weight is 279 g/mol. The van der Waals surface area contributed by atoms with Crippen LogP contribution < -0.4 is 5.32 Å². The van der Waals surface area contributed by atoms with Crippen molar-refractivity contribution in [1.82, 2.24) is 10.2 Å². The van der Waals surface area contributed by atoms with Gasteiger partial charge in [-0.15, -0.1) is 0 Å². The molecule has 20 heavy (non-hydrogen) atoms. The Morgan fingerprint density at radius 1 is 1.35 bits per heavy atom. The maximum atomic E-state index is 12.1. The smallest absolute Gasteiger partial charge is 0.307 e. The number of anilines is 1. The van der Waals surface area contributed by atoms with Gasteiger partial charge in [-0.3, -0.25) is 14.7 Å². The lowest BCUT2D eigenvalue weighted by atomic mass is 9.92. The maximum absolute atomic E-state index is 12.1. The molecule has 2 atom stereocenters. The number of rotatable bonds is 3. The number of nitrogens with zero attached hydrogens (tertiary/aromatic N) is 1. The van der Waals surface area contributed by atoms with E-state index in [1.54, 1.807) is 19.9 Å². The highest BCUT2D eigenvalue weighted by molar-refractivity contribution is 5.99. The summed E-state index contributed by atoms with van der Waals surface area (Å²) in [6.07, 6.45) is 0. The van der Waals surface area contributed by atoms with Crippen LogP contribution in [0.5, 0.6) is 0 Å². The predicted octanol–water partition coefficient (Wildman–Crippen LogP) is 2.00. The molecule has 6 nitrogen and oxygen atoms in total. The van der Waals surface area contributed by atoms with Crippen LogP contribution in [0.25, 0.3) is 0 Å². The first-order valence-electron chi connectivity index (χ1n) is 6.64. The molecule has 1 saturated carbocycles. The lowest BCUT2D eigenvalue weighted by molar-refractivity contribution is -0.140. The number of hydrogen-bond acceptors (Lipinski definition) is 3. The number of aromatic nitrogens is 2. The molecular weight excluding hydrogens is 258 g/mol. The molecule has 1 aliphatic carbocycles. The first-order chi connectivity index (χ1) is 9.05. The summed E-state index contributed by atoms with van der Waals surface area (Å²) in [5, 5.41) is 18.7. The van der Waals surface area contributed by atoms with Gasteiger partial charge in [-0.1, -0.05) is 34.6 Å². The molecule has 2 unspecified atom stereocenters. The van der Waals surface area contributed by atoms with Crippen molar-refractivity contribution in [3.8, 4) is 0 Å². The first-order valence-corrected chi connectivity index (χ1v) is 6.64. The van der Waals surface area contributed by atoms with Gasteiger partial charge in [0, 0.05) is 17.2 Å². The van der Waals surface area contributed by atoms with Gasteiger partial charge in [-0.2, -0.15) is 5.10 Å². The number of aliphatic carboxylic acids is 1. The lowest BCUT2D eigenvalue weighted by Crippen LogP contribution is -2.18. The fourth-order valence-electron chi connectivity index (χ4n) is 2.56. The van der Waals surface area contributed by atoms with Gasteiger partial charge >= 0.3 is 5.97 Å². The van der Waals surface area contributed by atoms with Gasteiger partial charge in [0.1, 0.15) is 0 Å². The Labute approximate surface area is 118 Å². The molecule has 2 rings (SSSR count). The fourth-order valence-corrected chi connectivity index (χ4v) is 2.56. The molecule has 1 amide bonds. The molecule has 6 heteroatoms. The molecular formula is C14H21N3O3. The Morgan fingerprint density at radius 2 is 1.95 bits per heavy atom. The summed E-state index contributed by atoms with van der Waals surface area (Å²) in [6.45, 7) is 9.70. The van der Waals surface area contributed by atoms with Crippen LogP contribution in [0.2, 0.25) is 0 Å². The summed E-state index contributed by atoms with van der Waals surface area (Å²) in [6, 6.07) is 1.78. The second kappa shape index (κ2) is 4.33. The van der Waals surface area contributed by atoms with E-state index in [4.69, 9.17) is 5.11 Å². The summed E-state index contributed by atoms with van der Waals surface area (Å²) in [5.74, 6) is -1.90. The van der Waals surface area contributed by atoms with E-state index in [1.165, 1.54) is 0 Å². The van der Waals surface area contributed by atoms with Gasteiger partial charge in [0.15, 0.2) is 5.82 Å². The Balaban J connectivity index is 2.07. The molecule has 0 spiro atoms. The van der Waals surface area contributed by atoms with Gasteiger partial charge in [-0.25, -0.2) is 0 Å². The monoisotopic (exact) mass is 279 g/mol. The summed E-state index contributed by atoms with van der Waals surface area (Å²) in [4.78, 5) is 23.2. The Hall–Kier alpha value is -1.85. The van der Waals surface area contributed by atoms with Gasteiger partial charge in [0.2, 0.25) is 5.91 Å². The average Bonchev–Trinajstić information content (AvgIpc) is 2.67. The number of amides is 1. The third-order valence-corrected chi connectivity index (χ3v) is 4.01. The number of carbonyl (C=O) groups is 2. The van der Waals surface area contributed by atoms with Crippen LogP contribution in [0, 0.1) is 17.3 Å². The molecule has 0 bridgehead atoms. The maximum Gasteiger partial charge on any atom is 0.307 e. The Kier molecular flexibility index (Phi) is 3.15. The van der Waals surface area contributed by atoms with Crippen LogP contribution in [-0.4, -0.2) is 27.2 Å². The van der Waals surface area contributed by atoms with Gasteiger partial charge in [0.05, 0.1) is 11.8 Å². The third-order valence-electron chi connectivity index (χ3n) is 4.01. The van der Waals surface area contributed by atoms with Crippen LogP contribution >= 0.6 is 0 Å². The molecule has 1 aromatic rings. The standard InChI is InChI=1S/C14H21N3O3/c1-13(2,3)7-6-8(17-16-7)15-11(18)9-10(12(19)20)14(9,4)5/h6,9-10H,1-5H3,(H,19,20)(H2,15,16,17,18). The van der Waals surface area contributed by atoms with E-state index < -0.39 is 23.2 Å². The molecule has 0 aromatic carbocycles. The van der Waals surface area contributed by atoms with E-state index in [0.717, 1.165) is 5.69 Å². The molecule has 1 aromatic heterocycles. The summed E-state index contributed by atoms with van der Waals surface area (Å²) < 4.78 is 0. The Morgan fingerprint density at radius 3 is 2.35 bits per heavy atom. The molecule has 0 aliphatic heterocycles. The minimum atomic E-state index is -0.924. The van der Waals surface area contributed by atoms with Crippen molar-refractivity contribution in [2.45, 2.75) is 40.0 Å². The van der Waals surface area contributed by atoms with Gasteiger partial charge < -0.3 is 10.4 Å². The minimum Gasteiger partial charge on any atom is -0.481 e. The van der Waals surface area contributed by atoms with E-state index in [1.807, 2.05) is 20.8 Å². The van der Waals surface area contributed by atoms with Crippen LogP contribution in [0.4, 0.5) is 5.82 Å². The van der Waals surface area contributed by atoms with E-state index in [0.29, 0.717) is 5.82 Å². The number of carbonyl (C=O) groups excluding carboxylic acids is 1. The van der Waals surface area contributed by atoms with Crippen molar-refractivity contribution in [2.75, 3.05) is 5.32 Å². The highest BCUT2D eigenvalue weighted by Crippen LogP contribution is 2.58. The number of aromatic amines is 1. The number of nitrogens with one attached hydrogen (secondary N) is 2. The van der Waals surface area contributed by atoms with Crippen LogP contribution in [0.15, 0.2) is 6.07 Å². The quantitative estimate of drug-likeness (QED) is 0.788. The zero-order valence-corrected chi connectivity index (χ0v) is 12.4. The summed E-state index contributed by atoms with van der Waals surface area (Å²) >= 11 is 0. The van der Waals surface area contributed by atoms with Crippen molar-refractivity contribution in [3.63, 3.8) is 0 Å². The second-order valence-electron chi connectivity index (χ2n) is 7.02. The molecule has 110 valence electrons. The van der Waals surface area contributed by atoms with Crippen molar-refractivity contribution in [2.24, 2.45) is 17.3 Å². The minimum absolute atomic E-state index is 0.0849. The molecule has 3 N–H and O–H groups in total. The molecule has 1 aliphatic rings. The van der Waals surface area contributed by atoms with Gasteiger partial charge in [-0.05, 0) is 5.41 Å². The van der Waals surface area contributed by atoms with Gasteiger partial charge in [0.25, 0.3) is 0 Å². The van der Waals surface area contributed by atoms with E-state index in [9.17, 15) is 9.59 Å². The first kappa shape index (κ1) is 14.6. The molecule has 1 fully saturated rings. The summed E-state index contributed by atoms with van der Waals surface area (Å²) in [5.41, 5.74) is 0.329. The van der Waals surface area contributed by atoms with Crippen LogP contribution in [0.3, 0.4) is 0 Å². The molecule has 0 saturated heterocycles. The zero-order valence-electron chi connectivity index (χ0n) is 12.4. The number of carboxylic acid groups (broad SMARTS) is 1.